The predicted molar refractivity (Wildman–Crippen MR) is 78.5 cm³/mol. The molecule has 1 saturated carbocycles. The van der Waals surface area contributed by atoms with Gasteiger partial charge in [-0.05, 0) is 23.8 Å². The maximum atomic E-state index is 11.9. The molecule has 1 aliphatic carbocycles. The summed E-state index contributed by atoms with van der Waals surface area (Å²) in [6, 6.07) is 4.00. The smallest absolute Gasteiger partial charge is 0.331 e. The number of carbonyl (C=O) groups is 2. The molecule has 0 amide bonds. The van der Waals surface area contributed by atoms with E-state index in [1.54, 1.807) is 0 Å². The molecule has 3 aliphatic rings. The van der Waals surface area contributed by atoms with Crippen LogP contribution in [0.5, 0.6) is 11.5 Å². The van der Waals surface area contributed by atoms with Crippen molar-refractivity contribution in [2.24, 2.45) is 5.92 Å². The van der Waals surface area contributed by atoms with E-state index in [4.69, 9.17) is 9.47 Å². The van der Waals surface area contributed by atoms with Crippen LogP contribution in [0.1, 0.15) is 18.4 Å². The molecule has 8 nitrogen and oxygen atoms in total. The molecule has 128 valence electrons. The van der Waals surface area contributed by atoms with Crippen LogP contribution in [0.3, 0.4) is 0 Å². The fourth-order valence-corrected chi connectivity index (χ4v) is 2.99. The highest BCUT2D eigenvalue weighted by Crippen LogP contribution is 2.42. The molecule has 8 heteroatoms. The first-order valence-corrected chi connectivity index (χ1v) is 7.31. The Hall–Kier alpha value is -2.58. The van der Waals surface area contributed by atoms with Crippen molar-refractivity contribution >= 4 is 18.0 Å². The average Bonchev–Trinajstić information content (AvgIpc) is 2.46. The summed E-state index contributed by atoms with van der Waals surface area (Å²) in [5, 5.41) is 38.5. The maximum Gasteiger partial charge on any atom is 0.331 e. The molecule has 2 bridgehead atoms. The van der Waals surface area contributed by atoms with Gasteiger partial charge >= 0.3 is 11.9 Å². The molecule has 4 N–H and O–H groups in total. The van der Waals surface area contributed by atoms with Crippen molar-refractivity contribution < 1.29 is 39.5 Å². The van der Waals surface area contributed by atoms with Gasteiger partial charge in [-0.1, -0.05) is 6.07 Å². The molecular formula is C16H16O8. The minimum atomic E-state index is -1.82. The van der Waals surface area contributed by atoms with Gasteiger partial charge in [0.05, 0.1) is 12.5 Å². The van der Waals surface area contributed by atoms with Crippen molar-refractivity contribution in [2.75, 3.05) is 0 Å². The third-order valence-corrected chi connectivity index (χ3v) is 4.10. The standard InChI is InChI=1S/C16H16O8/c17-9-3-1-8(5-10(9)18)2-4-13(20)23-12-7-16(22)6-11(19)14(12)15(21)24-16/h1-5,11-12,14,17-19,22H,6-7H2/t11-,12-,14+,16-/m1/s1. The molecule has 4 atom stereocenters. The molecule has 0 spiro atoms. The molecule has 24 heavy (non-hydrogen) atoms. The highest BCUT2D eigenvalue weighted by molar-refractivity contribution is 5.88. The van der Waals surface area contributed by atoms with Gasteiger partial charge in [-0.3, -0.25) is 4.79 Å². The number of rotatable bonds is 3. The van der Waals surface area contributed by atoms with Gasteiger partial charge in [-0.25, -0.2) is 4.79 Å². The zero-order chi connectivity index (χ0) is 17.5. The van der Waals surface area contributed by atoms with E-state index in [2.05, 4.69) is 0 Å². The summed E-state index contributed by atoms with van der Waals surface area (Å²) in [5.74, 6) is -5.02. The van der Waals surface area contributed by atoms with Crippen LogP contribution in [-0.2, 0) is 19.1 Å². The lowest BCUT2D eigenvalue weighted by atomic mass is 9.77. The summed E-state index contributed by atoms with van der Waals surface area (Å²) < 4.78 is 9.95. The zero-order valence-corrected chi connectivity index (χ0v) is 12.5. The van der Waals surface area contributed by atoms with Crippen LogP contribution in [0.2, 0.25) is 0 Å². The molecule has 1 aromatic carbocycles. The van der Waals surface area contributed by atoms with Crippen molar-refractivity contribution in [3.63, 3.8) is 0 Å². The third kappa shape index (κ3) is 3.06. The minimum absolute atomic E-state index is 0.0972. The van der Waals surface area contributed by atoms with Gasteiger partial charge in [0.25, 0.3) is 0 Å². The minimum Gasteiger partial charge on any atom is -0.504 e. The first-order chi connectivity index (χ1) is 11.3. The van der Waals surface area contributed by atoms with Crippen LogP contribution in [0, 0.1) is 5.92 Å². The number of benzene rings is 1. The van der Waals surface area contributed by atoms with Gasteiger partial charge in [0.1, 0.15) is 12.0 Å². The number of carbonyl (C=O) groups excluding carboxylic acids is 2. The number of esters is 2. The van der Waals surface area contributed by atoms with Gasteiger partial charge in [-0.15, -0.1) is 0 Å². The SMILES string of the molecule is O=C(C=Cc1ccc(O)c(O)c1)O[C@@H]1C[C@@]2(O)C[C@@H](O)[C@@H]1C(=O)O2. The van der Waals surface area contributed by atoms with E-state index in [-0.39, 0.29) is 24.3 Å². The van der Waals surface area contributed by atoms with Crippen molar-refractivity contribution in [3.05, 3.63) is 29.8 Å². The number of ether oxygens (including phenoxy) is 2. The van der Waals surface area contributed by atoms with E-state index in [9.17, 15) is 30.0 Å². The van der Waals surface area contributed by atoms with Crippen LogP contribution in [-0.4, -0.2) is 50.4 Å². The molecule has 3 fully saturated rings. The van der Waals surface area contributed by atoms with E-state index < -0.39 is 35.9 Å². The normalized spacial score (nSPS) is 31.9. The number of hydrogen-bond acceptors (Lipinski definition) is 8. The van der Waals surface area contributed by atoms with Crippen LogP contribution in [0.25, 0.3) is 6.08 Å². The number of hydrogen-bond donors (Lipinski definition) is 4. The third-order valence-electron chi connectivity index (χ3n) is 4.10. The van der Waals surface area contributed by atoms with Gasteiger partial charge < -0.3 is 29.9 Å². The fraction of sp³-hybridized carbons (Fsp3) is 0.375. The molecule has 1 aromatic rings. The Kier molecular flexibility index (Phi) is 3.94. The summed E-state index contributed by atoms with van der Waals surface area (Å²) in [5.41, 5.74) is 0.450. The van der Waals surface area contributed by atoms with E-state index in [1.807, 2.05) is 0 Å². The average molecular weight is 336 g/mol. The highest BCUT2D eigenvalue weighted by Gasteiger charge is 2.58. The molecule has 4 rings (SSSR count). The van der Waals surface area contributed by atoms with Crippen LogP contribution >= 0.6 is 0 Å². The van der Waals surface area contributed by atoms with E-state index in [1.165, 1.54) is 24.3 Å². The second-order valence-corrected chi connectivity index (χ2v) is 5.93. The van der Waals surface area contributed by atoms with Crippen molar-refractivity contribution in [1.82, 2.24) is 0 Å². The maximum absolute atomic E-state index is 11.9. The Morgan fingerprint density at radius 3 is 2.67 bits per heavy atom. The quantitative estimate of drug-likeness (QED) is 0.345. The molecule has 2 heterocycles. The molecule has 0 aromatic heterocycles. The summed E-state index contributed by atoms with van der Waals surface area (Å²) in [6.07, 6.45) is 0.105. The van der Waals surface area contributed by atoms with Crippen LogP contribution in [0.15, 0.2) is 24.3 Å². The van der Waals surface area contributed by atoms with Crippen LogP contribution < -0.4 is 0 Å². The van der Waals surface area contributed by atoms with Crippen molar-refractivity contribution in [1.29, 1.82) is 0 Å². The topological polar surface area (TPSA) is 134 Å². The number of aromatic hydroxyl groups is 2. The summed E-state index contributed by atoms with van der Waals surface area (Å²) >= 11 is 0. The molecule has 0 radical (unpaired) electrons. The lowest BCUT2D eigenvalue weighted by molar-refractivity contribution is -0.289. The highest BCUT2D eigenvalue weighted by atomic mass is 16.7. The lowest BCUT2D eigenvalue weighted by Crippen LogP contribution is -2.61. The summed E-state index contributed by atoms with van der Waals surface area (Å²) in [7, 11) is 0. The summed E-state index contributed by atoms with van der Waals surface area (Å²) in [6.45, 7) is 0. The van der Waals surface area contributed by atoms with Crippen molar-refractivity contribution in [3.8, 4) is 11.5 Å². The molecule has 2 saturated heterocycles. The lowest BCUT2D eigenvalue weighted by Gasteiger charge is -2.47. The van der Waals surface area contributed by atoms with Crippen LogP contribution in [0.4, 0.5) is 0 Å². The molecule has 2 aliphatic heterocycles. The Labute approximate surface area is 136 Å². The van der Waals surface area contributed by atoms with Gasteiger partial charge in [0, 0.05) is 12.5 Å². The van der Waals surface area contributed by atoms with Gasteiger partial charge in [0.2, 0.25) is 5.79 Å². The fourth-order valence-electron chi connectivity index (χ4n) is 2.99. The van der Waals surface area contributed by atoms with Gasteiger partial charge in [-0.2, -0.15) is 0 Å². The number of aliphatic hydroxyl groups excluding tert-OH is 1. The second kappa shape index (κ2) is 5.81. The monoisotopic (exact) mass is 336 g/mol. The largest absolute Gasteiger partial charge is 0.504 e. The number of fused-ring (bicyclic) bond motifs is 3. The van der Waals surface area contributed by atoms with Crippen molar-refractivity contribution in [2.45, 2.75) is 30.8 Å². The number of phenols is 2. The second-order valence-electron chi connectivity index (χ2n) is 5.93. The van der Waals surface area contributed by atoms with E-state index in [0.717, 1.165) is 6.08 Å². The Morgan fingerprint density at radius 2 is 2.04 bits per heavy atom. The van der Waals surface area contributed by atoms with Gasteiger partial charge in [0.15, 0.2) is 11.5 Å². The molecule has 0 unspecified atom stereocenters. The van der Waals surface area contributed by atoms with E-state index in [0.29, 0.717) is 5.56 Å². The van der Waals surface area contributed by atoms with E-state index >= 15 is 0 Å². The predicted octanol–water partition coefficient (Wildman–Crippen LogP) is 0.0391. The summed E-state index contributed by atoms with van der Waals surface area (Å²) in [4.78, 5) is 23.6. The zero-order valence-electron chi connectivity index (χ0n) is 12.5. The Morgan fingerprint density at radius 1 is 1.29 bits per heavy atom. The number of aliphatic hydroxyl groups is 2. The molecular weight excluding hydrogens is 320 g/mol. The first-order valence-electron chi connectivity index (χ1n) is 7.31. The number of phenolic OH excluding ortho intramolecular Hbond substituents is 2. The Bertz CT molecular complexity index is 712. The Balaban J connectivity index is 1.67. The first kappa shape index (κ1) is 16.3.